The van der Waals surface area contributed by atoms with Gasteiger partial charge in [-0.3, -0.25) is 0 Å². The molecule has 1 radical (unpaired) electrons. The Morgan fingerprint density at radius 2 is 1.67 bits per heavy atom. The van der Waals surface area contributed by atoms with Gasteiger partial charge in [0.1, 0.15) is 0 Å². The zero-order valence-corrected chi connectivity index (χ0v) is 15.6. The molecular weight excluding hydrogens is 359 g/mol. The number of amides is 2. The van der Waals surface area contributed by atoms with Gasteiger partial charge >= 0.3 is 6.03 Å². The number of benzene rings is 2. The van der Waals surface area contributed by atoms with Crippen molar-refractivity contribution in [2.75, 3.05) is 5.32 Å². The van der Waals surface area contributed by atoms with Crippen molar-refractivity contribution in [3.8, 4) is 0 Å². The minimum absolute atomic E-state index is 0. The average molecular weight is 380 g/mol. The van der Waals surface area contributed by atoms with E-state index in [1.165, 1.54) is 12.8 Å². The number of carbonyl (C=O) groups is 1. The number of halogens is 1. The first-order valence-electron chi connectivity index (χ1n) is 8.09. The molecule has 3 nitrogen and oxygen atoms in total. The van der Waals surface area contributed by atoms with E-state index in [1.807, 2.05) is 59.5 Å². The Hall–Kier alpha value is -1.42. The molecule has 0 atom stereocenters. The number of hydrogen-bond donors (Lipinski definition) is 1. The van der Waals surface area contributed by atoms with Crippen LogP contribution in [0.25, 0.3) is 0 Å². The van der Waals surface area contributed by atoms with E-state index in [9.17, 15) is 4.79 Å². The summed E-state index contributed by atoms with van der Waals surface area (Å²) < 4.78 is 0. The van der Waals surface area contributed by atoms with Crippen molar-refractivity contribution in [3.63, 3.8) is 0 Å². The van der Waals surface area contributed by atoms with Gasteiger partial charge in [0.25, 0.3) is 0 Å². The third-order valence-corrected chi connectivity index (χ3v) is 4.57. The van der Waals surface area contributed by atoms with E-state index in [4.69, 9.17) is 11.6 Å². The van der Waals surface area contributed by atoms with Gasteiger partial charge in [-0.15, -0.1) is 0 Å². The van der Waals surface area contributed by atoms with Crippen molar-refractivity contribution in [3.05, 3.63) is 65.2 Å². The number of rotatable bonds is 4. The second kappa shape index (κ2) is 9.17. The van der Waals surface area contributed by atoms with Crippen LogP contribution in [0.15, 0.2) is 54.6 Å². The number of nitrogens with zero attached hydrogens (tertiary/aromatic N) is 1. The molecule has 5 heteroatoms. The summed E-state index contributed by atoms with van der Waals surface area (Å²) in [6.45, 7) is 0.612. The zero-order chi connectivity index (χ0) is 16.1. The molecule has 1 aliphatic carbocycles. The van der Waals surface area contributed by atoms with Crippen LogP contribution in [0.5, 0.6) is 0 Å². The number of carbonyl (C=O) groups excluding carboxylic acids is 1. The molecule has 2 amide bonds. The third kappa shape index (κ3) is 5.04. The molecule has 2 aromatic rings. The van der Waals surface area contributed by atoms with E-state index in [-0.39, 0.29) is 24.6 Å². The molecule has 0 heterocycles. The number of hydrogen-bond acceptors (Lipinski definition) is 1. The quantitative estimate of drug-likeness (QED) is 0.766. The molecule has 3 rings (SSSR count). The summed E-state index contributed by atoms with van der Waals surface area (Å²) in [4.78, 5) is 14.7. The molecule has 0 spiro atoms. The molecule has 0 saturated heterocycles. The molecule has 0 aromatic heterocycles. The van der Waals surface area contributed by atoms with E-state index in [2.05, 4.69) is 5.32 Å². The number of nitrogens with one attached hydrogen (secondary N) is 1. The van der Waals surface area contributed by atoms with E-state index in [0.717, 1.165) is 29.1 Å². The second-order valence-corrected chi connectivity index (χ2v) is 6.43. The molecule has 0 aliphatic heterocycles. The Bertz CT molecular complexity index is 642. The first-order chi connectivity index (χ1) is 11.2. The fraction of sp³-hybridized carbons (Fsp3) is 0.316. The van der Waals surface area contributed by atoms with Crippen LogP contribution in [0.1, 0.15) is 31.2 Å². The SMILES string of the molecule is O=C(Nc1ccccc1)N(Cc1ccc(Cl)cc1)C1CCCC1.[V]. The molecule has 0 bridgehead atoms. The average Bonchev–Trinajstić information content (AvgIpc) is 3.09. The fourth-order valence-electron chi connectivity index (χ4n) is 3.09. The normalized spacial score (nSPS) is 14.0. The van der Waals surface area contributed by atoms with Crippen LogP contribution in [0.3, 0.4) is 0 Å². The van der Waals surface area contributed by atoms with Crippen LogP contribution in [0.4, 0.5) is 10.5 Å². The van der Waals surface area contributed by atoms with Crippen LogP contribution in [0.2, 0.25) is 5.02 Å². The van der Waals surface area contributed by atoms with Gasteiger partial charge in [-0.2, -0.15) is 0 Å². The largest absolute Gasteiger partial charge is 0.322 e. The Morgan fingerprint density at radius 1 is 1.04 bits per heavy atom. The van der Waals surface area contributed by atoms with E-state index in [0.29, 0.717) is 12.6 Å². The summed E-state index contributed by atoms with van der Waals surface area (Å²) in [5.41, 5.74) is 1.93. The van der Waals surface area contributed by atoms with E-state index in [1.54, 1.807) is 0 Å². The van der Waals surface area contributed by atoms with Gasteiger partial charge in [0.2, 0.25) is 0 Å². The Kier molecular flexibility index (Phi) is 7.23. The van der Waals surface area contributed by atoms with Crippen LogP contribution in [-0.4, -0.2) is 17.0 Å². The summed E-state index contributed by atoms with van der Waals surface area (Å²) in [6, 6.07) is 17.6. The Balaban J connectivity index is 0.00000208. The van der Waals surface area contributed by atoms with Crippen molar-refractivity contribution < 1.29 is 23.4 Å². The summed E-state index contributed by atoms with van der Waals surface area (Å²) >= 11 is 5.95. The van der Waals surface area contributed by atoms with Gasteiger partial charge in [-0.05, 0) is 42.7 Å². The van der Waals surface area contributed by atoms with Crippen LogP contribution < -0.4 is 5.32 Å². The predicted octanol–water partition coefficient (Wildman–Crippen LogP) is 5.31. The second-order valence-electron chi connectivity index (χ2n) is 5.99. The maximum absolute atomic E-state index is 12.8. The van der Waals surface area contributed by atoms with E-state index < -0.39 is 0 Å². The third-order valence-electron chi connectivity index (χ3n) is 4.32. The van der Waals surface area contributed by atoms with Crippen molar-refractivity contribution in [1.82, 2.24) is 4.90 Å². The van der Waals surface area contributed by atoms with Crippen LogP contribution >= 0.6 is 11.6 Å². The first kappa shape index (κ1) is 18.9. The maximum atomic E-state index is 12.8. The fourth-order valence-corrected chi connectivity index (χ4v) is 3.21. The van der Waals surface area contributed by atoms with Crippen molar-refractivity contribution in [2.45, 2.75) is 38.3 Å². The molecule has 0 unspecified atom stereocenters. The zero-order valence-electron chi connectivity index (χ0n) is 13.5. The van der Waals surface area contributed by atoms with Gasteiger partial charge in [0, 0.05) is 41.9 Å². The van der Waals surface area contributed by atoms with Crippen molar-refractivity contribution >= 4 is 23.3 Å². The molecular formula is C19H21ClN2OV. The van der Waals surface area contributed by atoms with Gasteiger partial charge in [0.15, 0.2) is 0 Å². The summed E-state index contributed by atoms with van der Waals surface area (Å²) in [6.07, 6.45) is 4.55. The molecule has 1 fully saturated rings. The van der Waals surface area contributed by atoms with Gasteiger partial charge in [-0.1, -0.05) is 54.8 Å². The molecule has 1 N–H and O–H groups in total. The number of anilines is 1. The Morgan fingerprint density at radius 3 is 2.29 bits per heavy atom. The summed E-state index contributed by atoms with van der Waals surface area (Å²) in [5, 5.41) is 3.73. The van der Waals surface area contributed by atoms with Crippen LogP contribution in [-0.2, 0) is 25.1 Å². The topological polar surface area (TPSA) is 32.3 Å². The van der Waals surface area contributed by atoms with Crippen molar-refractivity contribution in [1.29, 1.82) is 0 Å². The molecule has 125 valence electrons. The summed E-state index contributed by atoms with van der Waals surface area (Å²) in [5.74, 6) is 0. The van der Waals surface area contributed by atoms with Gasteiger partial charge in [0.05, 0.1) is 0 Å². The summed E-state index contributed by atoms with van der Waals surface area (Å²) in [7, 11) is 0. The van der Waals surface area contributed by atoms with Crippen LogP contribution in [0, 0.1) is 0 Å². The minimum Gasteiger partial charge on any atom is -0.317 e. The van der Waals surface area contributed by atoms with Crippen molar-refractivity contribution in [2.24, 2.45) is 0 Å². The smallest absolute Gasteiger partial charge is 0.317 e. The Labute approximate surface area is 160 Å². The predicted molar refractivity (Wildman–Crippen MR) is 94.7 cm³/mol. The van der Waals surface area contributed by atoms with Gasteiger partial charge in [-0.25, -0.2) is 4.79 Å². The molecule has 2 aromatic carbocycles. The maximum Gasteiger partial charge on any atom is 0.322 e. The van der Waals surface area contributed by atoms with Gasteiger partial charge < -0.3 is 10.2 Å². The monoisotopic (exact) mass is 379 g/mol. The molecule has 24 heavy (non-hydrogen) atoms. The molecule has 1 saturated carbocycles. The molecule has 1 aliphatic rings. The van der Waals surface area contributed by atoms with E-state index >= 15 is 0 Å². The number of para-hydroxylation sites is 1. The first-order valence-corrected chi connectivity index (χ1v) is 8.47. The standard InChI is InChI=1S/C19H21ClN2O.V/c20-16-12-10-15(11-13-16)14-22(18-8-4-5-9-18)19(23)21-17-6-2-1-3-7-17;/h1-3,6-7,10-13,18H,4-5,8-9,14H2,(H,21,23);. The number of urea groups is 1. The minimum atomic E-state index is -0.0296.